The maximum atomic E-state index is 12.9. The molecular weight excluding hydrogens is 396 g/mol. The van der Waals surface area contributed by atoms with Crippen LogP contribution in [0.1, 0.15) is 48.0 Å². The molecule has 0 aliphatic carbocycles. The summed E-state index contributed by atoms with van der Waals surface area (Å²) in [5, 5.41) is 4.03. The zero-order chi connectivity index (χ0) is 19.7. The highest BCUT2D eigenvalue weighted by Gasteiger charge is 2.37. The van der Waals surface area contributed by atoms with Crippen LogP contribution in [-0.4, -0.2) is 58.2 Å². The van der Waals surface area contributed by atoms with Gasteiger partial charge in [0.15, 0.2) is 5.13 Å². The van der Waals surface area contributed by atoms with Gasteiger partial charge in [0.05, 0.1) is 5.69 Å². The molecule has 0 radical (unpaired) electrons. The summed E-state index contributed by atoms with van der Waals surface area (Å²) in [6, 6.07) is 1.92. The highest BCUT2D eigenvalue weighted by molar-refractivity contribution is 7.86. The number of thiazole rings is 1. The highest BCUT2D eigenvalue weighted by Crippen LogP contribution is 2.31. The molecule has 4 heterocycles. The van der Waals surface area contributed by atoms with Crippen molar-refractivity contribution in [2.45, 2.75) is 45.4 Å². The van der Waals surface area contributed by atoms with Gasteiger partial charge in [-0.15, -0.1) is 11.3 Å². The van der Waals surface area contributed by atoms with Gasteiger partial charge < -0.3 is 5.32 Å². The molecule has 4 rings (SSSR count). The number of anilines is 2. The zero-order valence-corrected chi connectivity index (χ0v) is 17.9. The maximum Gasteiger partial charge on any atom is 0.281 e. The molecule has 1 N–H and O–H groups in total. The van der Waals surface area contributed by atoms with Crippen molar-refractivity contribution in [3.8, 4) is 0 Å². The molecule has 0 spiro atoms. The highest BCUT2D eigenvalue weighted by atomic mass is 32.2. The number of nitrogens with one attached hydrogen (secondary N) is 1. The minimum atomic E-state index is -3.37. The summed E-state index contributed by atoms with van der Waals surface area (Å²) in [4.78, 5) is 14.5. The van der Waals surface area contributed by atoms with Crippen molar-refractivity contribution in [3.05, 3.63) is 28.7 Å². The summed E-state index contributed by atoms with van der Waals surface area (Å²) in [5.41, 5.74) is 0.889. The van der Waals surface area contributed by atoms with Crippen molar-refractivity contribution in [3.63, 3.8) is 0 Å². The third-order valence-electron chi connectivity index (χ3n) is 5.25. The summed E-state index contributed by atoms with van der Waals surface area (Å²) in [6.45, 7) is 6.16. The van der Waals surface area contributed by atoms with E-state index in [0.717, 1.165) is 41.4 Å². The van der Waals surface area contributed by atoms with Crippen molar-refractivity contribution in [1.29, 1.82) is 0 Å². The fraction of sp³-hybridized carbons (Fsp3) is 0.611. The Bertz CT molecular complexity index is 939. The van der Waals surface area contributed by atoms with Crippen LogP contribution in [0.4, 0.5) is 10.9 Å². The Labute approximate surface area is 170 Å². The van der Waals surface area contributed by atoms with Crippen LogP contribution in [0, 0.1) is 13.8 Å². The second-order valence-electron chi connectivity index (χ2n) is 7.44. The molecule has 152 valence electrons. The Morgan fingerprint density at radius 1 is 1.11 bits per heavy atom. The second kappa shape index (κ2) is 8.02. The van der Waals surface area contributed by atoms with Crippen LogP contribution in [0.5, 0.6) is 0 Å². The lowest BCUT2D eigenvalue weighted by atomic mass is 10.0. The van der Waals surface area contributed by atoms with Crippen LogP contribution in [0.2, 0.25) is 0 Å². The summed E-state index contributed by atoms with van der Waals surface area (Å²) in [7, 11) is -3.37. The van der Waals surface area contributed by atoms with Gasteiger partial charge in [0.2, 0.25) is 0 Å². The number of rotatable bonds is 5. The summed E-state index contributed by atoms with van der Waals surface area (Å²) >= 11 is 1.57. The molecule has 0 bridgehead atoms. The first-order valence-corrected chi connectivity index (χ1v) is 11.9. The van der Waals surface area contributed by atoms with Crippen LogP contribution in [0.25, 0.3) is 0 Å². The molecule has 0 saturated carbocycles. The topological polar surface area (TPSA) is 91.3 Å². The van der Waals surface area contributed by atoms with Crippen LogP contribution in [0.3, 0.4) is 0 Å². The average Bonchev–Trinajstić information content (AvgIpc) is 3.32. The average molecular weight is 423 g/mol. The van der Waals surface area contributed by atoms with Gasteiger partial charge >= 0.3 is 0 Å². The number of aromatic nitrogens is 3. The zero-order valence-electron chi connectivity index (χ0n) is 16.3. The van der Waals surface area contributed by atoms with Crippen molar-refractivity contribution in [1.82, 2.24) is 23.6 Å². The van der Waals surface area contributed by atoms with Gasteiger partial charge in [0, 0.05) is 49.2 Å². The molecule has 2 fully saturated rings. The Hall–Kier alpha value is -1.62. The molecule has 2 aromatic heterocycles. The van der Waals surface area contributed by atoms with Crippen LogP contribution in [-0.2, 0) is 10.2 Å². The van der Waals surface area contributed by atoms with Gasteiger partial charge in [-0.3, -0.25) is 0 Å². The first kappa shape index (κ1) is 19.7. The fourth-order valence-electron chi connectivity index (χ4n) is 3.82. The van der Waals surface area contributed by atoms with E-state index in [-0.39, 0.29) is 5.92 Å². The van der Waals surface area contributed by atoms with Crippen molar-refractivity contribution in [2.24, 2.45) is 0 Å². The number of hydrogen-bond acceptors (Lipinski definition) is 7. The molecule has 2 aliphatic heterocycles. The van der Waals surface area contributed by atoms with E-state index in [1.807, 2.05) is 26.1 Å². The molecule has 0 aromatic carbocycles. The lowest BCUT2D eigenvalue weighted by Gasteiger charge is -2.30. The van der Waals surface area contributed by atoms with E-state index < -0.39 is 10.2 Å². The molecule has 1 atom stereocenters. The van der Waals surface area contributed by atoms with Crippen molar-refractivity contribution >= 4 is 32.5 Å². The molecule has 10 heteroatoms. The largest absolute Gasteiger partial charge is 0.316 e. The molecular formula is C18H26N6O2S2. The number of nitrogens with zero attached hydrogens (tertiary/aromatic N) is 5. The lowest BCUT2D eigenvalue weighted by Crippen LogP contribution is -2.45. The number of aryl methyl sites for hydroxylation is 2. The minimum Gasteiger partial charge on any atom is -0.316 e. The number of hydrogen-bond donors (Lipinski definition) is 1. The molecule has 8 nitrogen and oxygen atoms in total. The van der Waals surface area contributed by atoms with Gasteiger partial charge in [0.1, 0.15) is 11.6 Å². The molecule has 2 saturated heterocycles. The van der Waals surface area contributed by atoms with E-state index in [2.05, 4.69) is 20.3 Å². The van der Waals surface area contributed by atoms with E-state index >= 15 is 0 Å². The quantitative estimate of drug-likeness (QED) is 0.797. The molecule has 0 amide bonds. The standard InChI is InChI=1S/C18H26N6O2S2/c1-13-11-19-18(27-13)22-17-10-16(20-14(2)21-17)15-6-9-24(12-15)28(25,26)23-7-4-3-5-8-23/h10-11,15H,3-9,12H2,1-2H3,(H,19,20,21,22)/t15-/m0/s1. The second-order valence-corrected chi connectivity index (χ2v) is 10.6. The molecule has 28 heavy (non-hydrogen) atoms. The predicted molar refractivity (Wildman–Crippen MR) is 110 cm³/mol. The summed E-state index contributed by atoms with van der Waals surface area (Å²) in [5.74, 6) is 1.46. The van der Waals surface area contributed by atoms with Crippen molar-refractivity contribution in [2.75, 3.05) is 31.5 Å². The fourth-order valence-corrected chi connectivity index (χ4v) is 6.25. The Morgan fingerprint density at radius 3 is 2.61 bits per heavy atom. The van der Waals surface area contributed by atoms with Crippen molar-refractivity contribution < 1.29 is 8.42 Å². The Morgan fingerprint density at radius 2 is 1.89 bits per heavy atom. The lowest BCUT2D eigenvalue weighted by molar-refractivity contribution is 0.315. The summed E-state index contributed by atoms with van der Waals surface area (Å²) < 4.78 is 29.1. The van der Waals surface area contributed by atoms with E-state index in [9.17, 15) is 8.42 Å². The third-order valence-corrected chi connectivity index (χ3v) is 8.08. The van der Waals surface area contributed by atoms with E-state index in [1.54, 1.807) is 19.9 Å². The molecule has 0 unspecified atom stereocenters. The summed E-state index contributed by atoms with van der Waals surface area (Å²) in [6.07, 6.45) is 5.62. The van der Waals surface area contributed by atoms with Gasteiger partial charge in [-0.05, 0) is 33.1 Å². The van der Waals surface area contributed by atoms with Gasteiger partial charge in [0.25, 0.3) is 10.2 Å². The first-order chi connectivity index (χ1) is 13.4. The smallest absolute Gasteiger partial charge is 0.281 e. The van der Waals surface area contributed by atoms with E-state index in [1.165, 1.54) is 0 Å². The van der Waals surface area contributed by atoms with E-state index in [0.29, 0.717) is 37.8 Å². The van der Waals surface area contributed by atoms with E-state index in [4.69, 9.17) is 0 Å². The Kier molecular flexibility index (Phi) is 5.64. The monoisotopic (exact) mass is 422 g/mol. The minimum absolute atomic E-state index is 0.0832. The molecule has 2 aliphatic rings. The van der Waals surface area contributed by atoms with Crippen LogP contribution >= 0.6 is 11.3 Å². The first-order valence-electron chi connectivity index (χ1n) is 9.72. The SMILES string of the molecule is Cc1nc(Nc2ncc(C)s2)cc([C@H]2CCN(S(=O)(=O)N3CCCCC3)C2)n1. The normalized spacial score (nSPS) is 21.9. The Balaban J connectivity index is 1.49. The third kappa shape index (κ3) is 4.19. The van der Waals surface area contributed by atoms with Crippen LogP contribution < -0.4 is 5.32 Å². The van der Waals surface area contributed by atoms with Gasteiger partial charge in [-0.2, -0.15) is 17.0 Å². The predicted octanol–water partition coefficient (Wildman–Crippen LogP) is 2.81. The molecule has 2 aromatic rings. The maximum absolute atomic E-state index is 12.9. The van der Waals surface area contributed by atoms with Gasteiger partial charge in [-0.1, -0.05) is 6.42 Å². The number of piperidine rings is 1. The van der Waals surface area contributed by atoms with Gasteiger partial charge in [-0.25, -0.2) is 15.0 Å². The van der Waals surface area contributed by atoms with Crippen LogP contribution in [0.15, 0.2) is 12.3 Å².